The molecule has 0 aliphatic heterocycles. The van der Waals surface area contributed by atoms with Crippen LogP contribution in [0.5, 0.6) is 0 Å². The molecule has 1 aliphatic carbocycles. The predicted molar refractivity (Wildman–Crippen MR) is 57.0 cm³/mol. The van der Waals surface area contributed by atoms with Crippen molar-refractivity contribution >= 4 is 10.0 Å². The third-order valence-corrected chi connectivity index (χ3v) is 3.95. The molecule has 0 heterocycles. The number of rotatable bonds is 8. The first-order chi connectivity index (χ1) is 7.07. The average Bonchev–Trinajstić information content (AvgIpc) is 2.87. The van der Waals surface area contributed by atoms with Crippen LogP contribution in [-0.2, 0) is 14.8 Å². The number of methoxy groups -OCH3 is 1. The molecule has 1 unspecified atom stereocenters. The van der Waals surface area contributed by atoms with E-state index in [-0.39, 0.29) is 18.4 Å². The third kappa shape index (κ3) is 5.46. The Morgan fingerprint density at radius 1 is 1.53 bits per heavy atom. The van der Waals surface area contributed by atoms with Crippen LogP contribution in [0.25, 0.3) is 0 Å². The topological polar surface area (TPSA) is 75.6 Å². The summed E-state index contributed by atoms with van der Waals surface area (Å²) in [5.74, 6) is 0.540. The second-order valence-electron chi connectivity index (χ2n) is 4.01. The van der Waals surface area contributed by atoms with E-state index in [2.05, 4.69) is 4.72 Å². The monoisotopic (exact) mass is 237 g/mol. The molecule has 0 aromatic carbocycles. The van der Waals surface area contributed by atoms with Crippen molar-refractivity contribution < 1.29 is 18.3 Å². The summed E-state index contributed by atoms with van der Waals surface area (Å²) in [7, 11) is -1.69. The van der Waals surface area contributed by atoms with Crippen LogP contribution in [0.15, 0.2) is 0 Å². The summed E-state index contributed by atoms with van der Waals surface area (Å²) in [6, 6.07) is -0.316. The lowest BCUT2D eigenvalue weighted by molar-refractivity contribution is 0.158. The van der Waals surface area contributed by atoms with E-state index in [1.165, 1.54) is 7.11 Å². The number of aliphatic hydroxyl groups is 1. The minimum Gasteiger partial charge on any atom is -0.396 e. The van der Waals surface area contributed by atoms with Crippen molar-refractivity contribution in [2.75, 3.05) is 26.1 Å². The summed E-state index contributed by atoms with van der Waals surface area (Å²) in [4.78, 5) is 0. The Morgan fingerprint density at radius 2 is 2.20 bits per heavy atom. The maximum absolute atomic E-state index is 11.6. The summed E-state index contributed by atoms with van der Waals surface area (Å²) >= 11 is 0. The number of sulfonamides is 1. The van der Waals surface area contributed by atoms with Gasteiger partial charge in [0.1, 0.15) is 0 Å². The van der Waals surface area contributed by atoms with Crippen LogP contribution in [0.4, 0.5) is 0 Å². The molecule has 0 radical (unpaired) electrons. The first-order valence-corrected chi connectivity index (χ1v) is 6.82. The first-order valence-electron chi connectivity index (χ1n) is 5.17. The normalized spacial score (nSPS) is 19.1. The Kier molecular flexibility index (Phi) is 4.98. The molecule has 0 amide bonds. The number of hydrogen-bond acceptors (Lipinski definition) is 4. The van der Waals surface area contributed by atoms with Crippen LogP contribution >= 0.6 is 0 Å². The maximum Gasteiger partial charge on any atom is 0.212 e. The molecule has 90 valence electrons. The molecule has 1 aliphatic rings. The zero-order valence-electron chi connectivity index (χ0n) is 8.98. The van der Waals surface area contributed by atoms with E-state index < -0.39 is 10.0 Å². The standard InChI is InChI=1S/C9H19NO4S/c1-14-6-9(4-5-11)10-15(12,13)7-8-2-3-8/h8-11H,2-7H2,1H3. The van der Waals surface area contributed by atoms with Crippen molar-refractivity contribution in [3.63, 3.8) is 0 Å². The molecule has 1 atom stereocenters. The van der Waals surface area contributed by atoms with Crippen molar-refractivity contribution in [3.05, 3.63) is 0 Å². The van der Waals surface area contributed by atoms with Gasteiger partial charge in [-0.3, -0.25) is 0 Å². The van der Waals surface area contributed by atoms with E-state index in [0.29, 0.717) is 18.9 Å². The summed E-state index contributed by atoms with van der Waals surface area (Å²) in [5, 5.41) is 8.76. The molecular weight excluding hydrogens is 218 g/mol. The molecule has 15 heavy (non-hydrogen) atoms. The number of ether oxygens (including phenoxy) is 1. The van der Waals surface area contributed by atoms with Crippen LogP contribution in [0, 0.1) is 5.92 Å². The molecular formula is C9H19NO4S. The van der Waals surface area contributed by atoms with Crippen molar-refractivity contribution in [3.8, 4) is 0 Å². The van der Waals surface area contributed by atoms with Gasteiger partial charge in [0.2, 0.25) is 10.0 Å². The number of hydrogen-bond donors (Lipinski definition) is 2. The average molecular weight is 237 g/mol. The van der Waals surface area contributed by atoms with E-state index in [1.807, 2.05) is 0 Å². The largest absolute Gasteiger partial charge is 0.396 e. The van der Waals surface area contributed by atoms with E-state index in [4.69, 9.17) is 9.84 Å². The molecule has 2 N–H and O–H groups in total. The SMILES string of the molecule is COCC(CCO)NS(=O)(=O)CC1CC1. The van der Waals surface area contributed by atoms with Crippen molar-refractivity contribution in [1.82, 2.24) is 4.72 Å². The smallest absolute Gasteiger partial charge is 0.212 e. The van der Waals surface area contributed by atoms with E-state index >= 15 is 0 Å². The highest BCUT2D eigenvalue weighted by molar-refractivity contribution is 7.89. The van der Waals surface area contributed by atoms with Gasteiger partial charge in [-0.25, -0.2) is 13.1 Å². The van der Waals surface area contributed by atoms with Gasteiger partial charge in [0, 0.05) is 19.8 Å². The molecule has 0 saturated heterocycles. The Morgan fingerprint density at radius 3 is 2.67 bits per heavy atom. The molecule has 6 heteroatoms. The van der Waals surface area contributed by atoms with Gasteiger partial charge in [0.05, 0.1) is 12.4 Å². The minimum atomic E-state index is -3.20. The van der Waals surface area contributed by atoms with E-state index in [1.54, 1.807) is 0 Å². The highest BCUT2D eigenvalue weighted by atomic mass is 32.2. The third-order valence-electron chi connectivity index (χ3n) is 2.34. The summed E-state index contributed by atoms with van der Waals surface area (Å²) in [6.45, 7) is 0.254. The van der Waals surface area contributed by atoms with Crippen molar-refractivity contribution in [2.24, 2.45) is 5.92 Å². The fourth-order valence-corrected chi connectivity index (χ4v) is 3.17. The Labute approximate surface area is 90.9 Å². The predicted octanol–water partition coefficient (Wildman–Crippen LogP) is -0.287. The highest BCUT2D eigenvalue weighted by Gasteiger charge is 2.29. The second kappa shape index (κ2) is 5.79. The van der Waals surface area contributed by atoms with Crippen LogP contribution in [0.2, 0.25) is 0 Å². The van der Waals surface area contributed by atoms with Gasteiger partial charge < -0.3 is 9.84 Å². The van der Waals surface area contributed by atoms with Crippen LogP contribution < -0.4 is 4.72 Å². The molecule has 5 nitrogen and oxygen atoms in total. The first kappa shape index (κ1) is 12.9. The van der Waals surface area contributed by atoms with Crippen molar-refractivity contribution in [2.45, 2.75) is 25.3 Å². The van der Waals surface area contributed by atoms with Crippen LogP contribution in [0.3, 0.4) is 0 Å². The summed E-state index contributed by atoms with van der Waals surface area (Å²) in [6.07, 6.45) is 2.41. The summed E-state index contributed by atoms with van der Waals surface area (Å²) < 4.78 is 30.6. The second-order valence-corrected chi connectivity index (χ2v) is 5.81. The molecule has 1 saturated carbocycles. The van der Waals surface area contributed by atoms with Gasteiger partial charge >= 0.3 is 0 Å². The highest BCUT2D eigenvalue weighted by Crippen LogP contribution is 2.30. The molecule has 0 bridgehead atoms. The van der Waals surface area contributed by atoms with Gasteiger partial charge in [-0.15, -0.1) is 0 Å². The van der Waals surface area contributed by atoms with Crippen LogP contribution in [-0.4, -0.2) is 45.6 Å². The number of aliphatic hydroxyl groups excluding tert-OH is 1. The minimum absolute atomic E-state index is 0.0417. The Bertz CT molecular complexity index is 268. The quantitative estimate of drug-likeness (QED) is 0.608. The Hall–Kier alpha value is -0.170. The molecule has 0 aromatic heterocycles. The van der Waals surface area contributed by atoms with Gasteiger partial charge in [-0.2, -0.15) is 0 Å². The van der Waals surface area contributed by atoms with Gasteiger partial charge in [-0.1, -0.05) is 0 Å². The lowest BCUT2D eigenvalue weighted by atomic mass is 10.2. The lowest BCUT2D eigenvalue weighted by Gasteiger charge is -2.16. The van der Waals surface area contributed by atoms with Gasteiger partial charge in [0.15, 0.2) is 0 Å². The molecule has 0 spiro atoms. The number of nitrogens with one attached hydrogen (secondary N) is 1. The van der Waals surface area contributed by atoms with Gasteiger partial charge in [0.25, 0.3) is 0 Å². The molecule has 1 fully saturated rings. The van der Waals surface area contributed by atoms with Crippen LogP contribution in [0.1, 0.15) is 19.3 Å². The molecule has 0 aromatic rings. The fourth-order valence-electron chi connectivity index (χ4n) is 1.43. The van der Waals surface area contributed by atoms with Crippen molar-refractivity contribution in [1.29, 1.82) is 0 Å². The zero-order chi connectivity index (χ0) is 11.3. The van der Waals surface area contributed by atoms with E-state index in [9.17, 15) is 8.42 Å². The lowest BCUT2D eigenvalue weighted by Crippen LogP contribution is -2.40. The van der Waals surface area contributed by atoms with Gasteiger partial charge in [-0.05, 0) is 25.2 Å². The van der Waals surface area contributed by atoms with E-state index in [0.717, 1.165) is 12.8 Å². The fraction of sp³-hybridized carbons (Fsp3) is 1.00. The Balaban J connectivity index is 2.39. The molecule has 1 rings (SSSR count). The maximum atomic E-state index is 11.6. The zero-order valence-corrected chi connectivity index (χ0v) is 9.79. The summed E-state index contributed by atoms with van der Waals surface area (Å²) in [5.41, 5.74) is 0.